The van der Waals surface area contributed by atoms with Crippen LogP contribution in [-0.4, -0.2) is 28.4 Å². The van der Waals surface area contributed by atoms with Gasteiger partial charge >= 0.3 is 0 Å². The van der Waals surface area contributed by atoms with Gasteiger partial charge in [-0.2, -0.15) is 5.10 Å². The Bertz CT molecular complexity index is 652. The van der Waals surface area contributed by atoms with E-state index >= 15 is 0 Å². The van der Waals surface area contributed by atoms with Gasteiger partial charge < -0.3 is 10.1 Å². The van der Waals surface area contributed by atoms with Crippen molar-refractivity contribution in [2.24, 2.45) is 0 Å². The molecule has 1 N–H and O–H groups in total. The van der Waals surface area contributed by atoms with Crippen LogP contribution in [0.4, 0.5) is 5.69 Å². The number of rotatable bonds is 5. The number of aromatic nitrogens is 2. The zero-order valence-electron chi connectivity index (χ0n) is 12.9. The smallest absolute Gasteiger partial charge is 0.250 e. The molecule has 6 heteroatoms. The van der Waals surface area contributed by atoms with Crippen molar-refractivity contribution in [3.05, 3.63) is 41.7 Å². The van der Waals surface area contributed by atoms with Crippen LogP contribution in [0.3, 0.4) is 0 Å². The van der Waals surface area contributed by atoms with E-state index in [4.69, 9.17) is 16.3 Å². The van der Waals surface area contributed by atoms with E-state index in [-0.39, 0.29) is 18.6 Å². The topological polar surface area (TPSA) is 56.1 Å². The summed E-state index contributed by atoms with van der Waals surface area (Å²) in [4.78, 5) is 12.2. The molecule has 1 heterocycles. The van der Waals surface area contributed by atoms with Crippen LogP contribution in [0.5, 0.6) is 0 Å². The second-order valence-corrected chi connectivity index (χ2v) is 6.11. The van der Waals surface area contributed by atoms with Crippen molar-refractivity contribution < 1.29 is 9.53 Å². The zero-order chi connectivity index (χ0) is 16.1. The number of nitrogens with one attached hydrogen (secondary N) is 1. The number of anilines is 1. The fourth-order valence-corrected chi connectivity index (χ4v) is 3.12. The number of nitrogens with zero attached hydrogens (tertiary/aromatic N) is 2. The van der Waals surface area contributed by atoms with Crippen molar-refractivity contribution in [3.8, 4) is 5.69 Å². The van der Waals surface area contributed by atoms with Crippen LogP contribution in [0.2, 0.25) is 5.02 Å². The number of ether oxygens (including phenoxy) is 1. The molecule has 0 unspecified atom stereocenters. The molecule has 0 spiro atoms. The molecule has 3 rings (SSSR count). The second kappa shape index (κ2) is 7.62. The third-order valence-electron chi connectivity index (χ3n) is 4.00. The first-order valence-electron chi connectivity index (χ1n) is 7.94. The van der Waals surface area contributed by atoms with Crippen molar-refractivity contribution in [2.45, 2.75) is 38.2 Å². The summed E-state index contributed by atoms with van der Waals surface area (Å²) in [6.07, 6.45) is 9.39. The Morgan fingerprint density at radius 2 is 2.13 bits per heavy atom. The molecule has 122 valence electrons. The summed E-state index contributed by atoms with van der Waals surface area (Å²) in [7, 11) is 0. The summed E-state index contributed by atoms with van der Waals surface area (Å²) in [6, 6.07) is 7.18. The fraction of sp³-hybridized carbons (Fsp3) is 0.412. The van der Waals surface area contributed by atoms with Crippen LogP contribution in [0, 0.1) is 0 Å². The molecule has 0 atom stereocenters. The first kappa shape index (κ1) is 16.0. The van der Waals surface area contributed by atoms with E-state index in [1.165, 1.54) is 19.3 Å². The van der Waals surface area contributed by atoms with Crippen LogP contribution in [0.25, 0.3) is 5.69 Å². The zero-order valence-corrected chi connectivity index (χ0v) is 13.6. The van der Waals surface area contributed by atoms with E-state index < -0.39 is 0 Å². The van der Waals surface area contributed by atoms with Crippen molar-refractivity contribution in [2.75, 3.05) is 11.9 Å². The van der Waals surface area contributed by atoms with Gasteiger partial charge in [0.05, 0.1) is 16.8 Å². The molecule has 2 aromatic rings. The van der Waals surface area contributed by atoms with E-state index in [0.29, 0.717) is 16.4 Å². The Balaban J connectivity index is 1.65. The number of para-hydroxylation sites is 1. The highest BCUT2D eigenvalue weighted by atomic mass is 35.5. The number of carbonyl (C=O) groups is 1. The van der Waals surface area contributed by atoms with Gasteiger partial charge in [-0.1, -0.05) is 36.9 Å². The number of halogens is 1. The Morgan fingerprint density at radius 3 is 2.87 bits per heavy atom. The highest BCUT2D eigenvalue weighted by Gasteiger charge is 2.16. The minimum Gasteiger partial charge on any atom is -0.368 e. The number of benzene rings is 1. The van der Waals surface area contributed by atoms with Gasteiger partial charge in [0.2, 0.25) is 5.91 Å². The predicted octanol–water partition coefficient (Wildman–Crippen LogP) is 3.81. The summed E-state index contributed by atoms with van der Waals surface area (Å²) in [5.41, 5.74) is 1.28. The highest BCUT2D eigenvalue weighted by molar-refractivity contribution is 6.33. The number of carbonyl (C=O) groups excluding carboxylic acids is 1. The Hall–Kier alpha value is -1.85. The molecule has 1 fully saturated rings. The minimum absolute atomic E-state index is 0.0652. The van der Waals surface area contributed by atoms with Crippen LogP contribution in [-0.2, 0) is 9.53 Å². The molecule has 1 saturated carbocycles. The van der Waals surface area contributed by atoms with Crippen LogP contribution in [0.15, 0.2) is 36.7 Å². The van der Waals surface area contributed by atoms with Gasteiger partial charge in [0.1, 0.15) is 12.3 Å². The molecular weight excluding hydrogens is 314 g/mol. The summed E-state index contributed by atoms with van der Waals surface area (Å²) in [5, 5.41) is 7.58. The molecule has 1 aromatic carbocycles. The van der Waals surface area contributed by atoms with Gasteiger partial charge in [-0.25, -0.2) is 4.68 Å². The van der Waals surface area contributed by atoms with Gasteiger partial charge in [-0.15, -0.1) is 0 Å². The molecule has 1 aromatic heterocycles. The summed E-state index contributed by atoms with van der Waals surface area (Å²) in [6.45, 7) is 0.0652. The maximum atomic E-state index is 12.2. The average molecular weight is 334 g/mol. The lowest BCUT2D eigenvalue weighted by molar-refractivity contribution is -0.123. The molecule has 5 nitrogen and oxygen atoms in total. The molecule has 0 saturated heterocycles. The maximum Gasteiger partial charge on any atom is 0.250 e. The summed E-state index contributed by atoms with van der Waals surface area (Å²) in [5.74, 6) is -0.175. The summed E-state index contributed by atoms with van der Waals surface area (Å²) < 4.78 is 7.35. The molecule has 1 aliphatic rings. The number of amides is 1. The van der Waals surface area contributed by atoms with Gasteiger partial charge in [-0.05, 0) is 31.0 Å². The molecular formula is C17H20ClN3O2. The van der Waals surface area contributed by atoms with E-state index in [0.717, 1.165) is 12.8 Å². The van der Waals surface area contributed by atoms with Crippen molar-refractivity contribution >= 4 is 23.2 Å². The van der Waals surface area contributed by atoms with E-state index in [1.54, 1.807) is 41.3 Å². The van der Waals surface area contributed by atoms with Gasteiger partial charge in [-0.3, -0.25) is 4.79 Å². The predicted molar refractivity (Wildman–Crippen MR) is 90.0 cm³/mol. The number of hydrogen-bond acceptors (Lipinski definition) is 3. The van der Waals surface area contributed by atoms with Crippen LogP contribution in [0.1, 0.15) is 32.1 Å². The molecule has 1 amide bonds. The maximum absolute atomic E-state index is 12.2. The molecule has 1 aliphatic carbocycles. The normalized spacial score (nSPS) is 15.5. The van der Waals surface area contributed by atoms with Gasteiger partial charge in [0.15, 0.2) is 0 Å². The van der Waals surface area contributed by atoms with Crippen molar-refractivity contribution in [3.63, 3.8) is 0 Å². The van der Waals surface area contributed by atoms with E-state index in [2.05, 4.69) is 10.4 Å². The quantitative estimate of drug-likeness (QED) is 0.905. The molecule has 23 heavy (non-hydrogen) atoms. The third-order valence-corrected chi connectivity index (χ3v) is 4.30. The fourth-order valence-electron chi connectivity index (χ4n) is 2.86. The van der Waals surface area contributed by atoms with Crippen LogP contribution >= 0.6 is 11.6 Å². The Morgan fingerprint density at radius 1 is 1.30 bits per heavy atom. The first-order valence-corrected chi connectivity index (χ1v) is 8.32. The average Bonchev–Trinajstić information content (AvgIpc) is 3.08. The lowest BCUT2D eigenvalue weighted by atomic mass is 9.98. The monoisotopic (exact) mass is 333 g/mol. The molecule has 0 radical (unpaired) electrons. The summed E-state index contributed by atoms with van der Waals surface area (Å²) >= 11 is 6.26. The lowest BCUT2D eigenvalue weighted by Gasteiger charge is -2.21. The van der Waals surface area contributed by atoms with E-state index in [9.17, 15) is 4.79 Å². The number of hydrogen-bond donors (Lipinski definition) is 1. The molecule has 0 bridgehead atoms. The second-order valence-electron chi connectivity index (χ2n) is 5.71. The SMILES string of the molecule is O=C(COC1CCCCC1)Nc1cccc(Cl)c1-n1cccn1. The van der Waals surface area contributed by atoms with Crippen LogP contribution < -0.4 is 5.32 Å². The lowest BCUT2D eigenvalue weighted by Crippen LogP contribution is -2.25. The first-order chi connectivity index (χ1) is 11.2. The van der Waals surface area contributed by atoms with E-state index in [1.807, 2.05) is 0 Å². The van der Waals surface area contributed by atoms with Crippen molar-refractivity contribution in [1.82, 2.24) is 9.78 Å². The Labute approximate surface area is 140 Å². The Kier molecular flexibility index (Phi) is 5.31. The minimum atomic E-state index is -0.175. The largest absolute Gasteiger partial charge is 0.368 e. The standard InChI is InChI=1S/C17H20ClN3O2/c18-14-8-4-9-15(17(14)21-11-5-10-19-21)20-16(22)12-23-13-6-2-1-3-7-13/h4-5,8-11,13H,1-3,6-7,12H2,(H,20,22). The highest BCUT2D eigenvalue weighted by Crippen LogP contribution is 2.28. The third kappa shape index (κ3) is 4.12. The van der Waals surface area contributed by atoms with Gasteiger partial charge in [0, 0.05) is 12.4 Å². The molecule has 0 aliphatic heterocycles. The van der Waals surface area contributed by atoms with Crippen molar-refractivity contribution in [1.29, 1.82) is 0 Å². The van der Waals surface area contributed by atoms with Gasteiger partial charge in [0.25, 0.3) is 0 Å².